The Kier molecular flexibility index (Phi) is 3.14. The van der Waals surface area contributed by atoms with Gasteiger partial charge in [0.1, 0.15) is 0 Å². The zero-order valence-electron chi connectivity index (χ0n) is 8.57. The Morgan fingerprint density at radius 1 is 1.29 bits per heavy atom. The highest BCUT2D eigenvalue weighted by Crippen LogP contribution is 2.37. The van der Waals surface area contributed by atoms with Crippen LogP contribution < -0.4 is 5.73 Å². The summed E-state index contributed by atoms with van der Waals surface area (Å²) in [6.45, 7) is 0. The third-order valence-corrected chi connectivity index (χ3v) is 3.92. The van der Waals surface area contributed by atoms with E-state index in [1.807, 2.05) is 11.8 Å². The van der Waals surface area contributed by atoms with Crippen LogP contribution in [0.1, 0.15) is 30.7 Å². The molecule has 0 aliphatic heterocycles. The predicted molar refractivity (Wildman–Crippen MR) is 62.8 cm³/mol. The van der Waals surface area contributed by atoms with Crippen LogP contribution in [0.3, 0.4) is 0 Å². The molecule has 1 aromatic rings. The minimum absolute atomic E-state index is 0.378. The van der Waals surface area contributed by atoms with E-state index in [1.54, 1.807) is 0 Å². The van der Waals surface area contributed by atoms with Crippen LogP contribution in [0.4, 0.5) is 0 Å². The molecule has 1 saturated carbocycles. The zero-order valence-corrected chi connectivity index (χ0v) is 9.39. The number of hydrogen-bond acceptors (Lipinski definition) is 2. The van der Waals surface area contributed by atoms with E-state index in [9.17, 15) is 0 Å². The summed E-state index contributed by atoms with van der Waals surface area (Å²) in [5.41, 5.74) is 7.59. The molecule has 2 rings (SSSR count). The molecular weight excluding hydrogens is 190 g/mol. The van der Waals surface area contributed by atoms with Crippen LogP contribution in [0.15, 0.2) is 29.2 Å². The van der Waals surface area contributed by atoms with E-state index in [1.165, 1.54) is 29.7 Å². The summed E-state index contributed by atoms with van der Waals surface area (Å²) in [5, 5.41) is 0. The van der Waals surface area contributed by atoms with Crippen LogP contribution in [-0.2, 0) is 0 Å². The van der Waals surface area contributed by atoms with E-state index in [4.69, 9.17) is 5.73 Å². The van der Waals surface area contributed by atoms with Gasteiger partial charge in [-0.05, 0) is 30.7 Å². The number of thioether (sulfide) groups is 1. The maximum Gasteiger partial charge on any atom is 0.0108 e. The predicted octanol–water partition coefficient (Wildman–Crippen LogP) is 3.00. The molecule has 2 heteroatoms. The maximum atomic E-state index is 6.13. The van der Waals surface area contributed by atoms with Crippen molar-refractivity contribution in [3.05, 3.63) is 29.8 Å². The third kappa shape index (κ3) is 1.82. The molecule has 0 unspecified atom stereocenters. The van der Waals surface area contributed by atoms with Gasteiger partial charge in [0.2, 0.25) is 0 Å². The lowest BCUT2D eigenvalue weighted by atomic mass is 9.95. The molecule has 0 amide bonds. The molecule has 14 heavy (non-hydrogen) atoms. The SMILES string of the molecule is CSc1ccccc1[C@@H]1CCC[C@@H]1N. The maximum absolute atomic E-state index is 6.13. The van der Waals surface area contributed by atoms with Crippen LogP contribution in [0.5, 0.6) is 0 Å². The highest BCUT2D eigenvalue weighted by Gasteiger charge is 2.26. The van der Waals surface area contributed by atoms with Gasteiger partial charge in [0.25, 0.3) is 0 Å². The molecule has 0 radical (unpaired) electrons. The van der Waals surface area contributed by atoms with Crippen molar-refractivity contribution in [2.75, 3.05) is 6.26 Å². The topological polar surface area (TPSA) is 26.0 Å². The van der Waals surface area contributed by atoms with Crippen molar-refractivity contribution in [3.8, 4) is 0 Å². The molecular formula is C12H17NS. The molecule has 0 heterocycles. The van der Waals surface area contributed by atoms with Gasteiger partial charge in [-0.25, -0.2) is 0 Å². The molecule has 76 valence electrons. The molecule has 1 aliphatic carbocycles. The van der Waals surface area contributed by atoms with Gasteiger partial charge in [-0.1, -0.05) is 24.6 Å². The fraction of sp³-hybridized carbons (Fsp3) is 0.500. The molecule has 1 fully saturated rings. The van der Waals surface area contributed by atoms with E-state index < -0.39 is 0 Å². The van der Waals surface area contributed by atoms with Gasteiger partial charge in [0.05, 0.1) is 0 Å². The molecule has 1 nitrogen and oxygen atoms in total. The highest BCUT2D eigenvalue weighted by atomic mass is 32.2. The summed E-state index contributed by atoms with van der Waals surface area (Å²) in [7, 11) is 0. The Balaban J connectivity index is 2.30. The van der Waals surface area contributed by atoms with Crippen molar-refractivity contribution >= 4 is 11.8 Å². The van der Waals surface area contributed by atoms with Gasteiger partial charge in [-0.2, -0.15) is 0 Å². The Hall–Kier alpha value is -0.470. The van der Waals surface area contributed by atoms with E-state index in [2.05, 4.69) is 30.5 Å². The van der Waals surface area contributed by atoms with Crippen LogP contribution in [0.25, 0.3) is 0 Å². The fourth-order valence-corrected chi connectivity index (χ4v) is 3.02. The zero-order chi connectivity index (χ0) is 9.97. The van der Waals surface area contributed by atoms with Gasteiger partial charge in [-0.15, -0.1) is 11.8 Å². The third-order valence-electron chi connectivity index (χ3n) is 3.11. The van der Waals surface area contributed by atoms with Crippen molar-refractivity contribution in [1.82, 2.24) is 0 Å². The van der Waals surface area contributed by atoms with Crippen molar-refractivity contribution in [2.45, 2.75) is 36.1 Å². The van der Waals surface area contributed by atoms with Gasteiger partial charge >= 0.3 is 0 Å². The van der Waals surface area contributed by atoms with E-state index in [0.29, 0.717) is 12.0 Å². The summed E-state index contributed by atoms with van der Waals surface area (Å²) in [4.78, 5) is 1.40. The number of hydrogen-bond donors (Lipinski definition) is 1. The fourth-order valence-electron chi connectivity index (χ4n) is 2.35. The molecule has 2 atom stereocenters. The molecule has 2 N–H and O–H groups in total. The summed E-state index contributed by atoms with van der Waals surface area (Å²) < 4.78 is 0. The number of nitrogens with two attached hydrogens (primary N) is 1. The second-order valence-corrected chi connectivity index (χ2v) is 4.79. The summed E-state index contributed by atoms with van der Waals surface area (Å²) >= 11 is 1.83. The van der Waals surface area contributed by atoms with Gasteiger partial charge in [0, 0.05) is 16.9 Å². The number of benzene rings is 1. The highest BCUT2D eigenvalue weighted by molar-refractivity contribution is 7.98. The Morgan fingerprint density at radius 2 is 2.07 bits per heavy atom. The first-order chi connectivity index (χ1) is 6.83. The van der Waals surface area contributed by atoms with Crippen LogP contribution in [0.2, 0.25) is 0 Å². The molecule has 1 aliphatic rings. The minimum Gasteiger partial charge on any atom is -0.327 e. The van der Waals surface area contributed by atoms with Crippen LogP contribution >= 0.6 is 11.8 Å². The molecule has 1 aromatic carbocycles. The van der Waals surface area contributed by atoms with Crippen LogP contribution in [-0.4, -0.2) is 12.3 Å². The van der Waals surface area contributed by atoms with Gasteiger partial charge in [0.15, 0.2) is 0 Å². The summed E-state index contributed by atoms with van der Waals surface area (Å²) in [5.74, 6) is 0.596. The summed E-state index contributed by atoms with van der Waals surface area (Å²) in [6.07, 6.45) is 5.87. The van der Waals surface area contributed by atoms with E-state index in [0.717, 1.165) is 0 Å². The standard InChI is InChI=1S/C12H17NS/c1-14-12-8-3-2-5-10(12)9-6-4-7-11(9)13/h2-3,5,8-9,11H,4,6-7,13H2,1H3/t9-,11-/m0/s1. The first kappa shape index (κ1) is 10.1. The lowest BCUT2D eigenvalue weighted by Gasteiger charge is -2.18. The smallest absolute Gasteiger partial charge is 0.0108 e. The first-order valence-corrected chi connectivity index (χ1v) is 6.44. The average molecular weight is 207 g/mol. The minimum atomic E-state index is 0.378. The average Bonchev–Trinajstić information content (AvgIpc) is 2.64. The first-order valence-electron chi connectivity index (χ1n) is 5.21. The monoisotopic (exact) mass is 207 g/mol. The second kappa shape index (κ2) is 4.37. The Morgan fingerprint density at radius 3 is 2.71 bits per heavy atom. The van der Waals surface area contributed by atoms with Crippen molar-refractivity contribution < 1.29 is 0 Å². The Bertz CT molecular complexity index is 311. The molecule has 0 saturated heterocycles. The molecule has 0 spiro atoms. The van der Waals surface area contributed by atoms with Crippen molar-refractivity contribution in [1.29, 1.82) is 0 Å². The second-order valence-electron chi connectivity index (χ2n) is 3.94. The molecule has 0 bridgehead atoms. The van der Waals surface area contributed by atoms with Gasteiger partial charge < -0.3 is 5.73 Å². The largest absolute Gasteiger partial charge is 0.327 e. The lowest BCUT2D eigenvalue weighted by molar-refractivity contribution is 0.605. The Labute approximate surface area is 90.1 Å². The van der Waals surface area contributed by atoms with Crippen molar-refractivity contribution in [3.63, 3.8) is 0 Å². The summed E-state index contributed by atoms with van der Waals surface area (Å²) in [6, 6.07) is 9.05. The normalized spacial score (nSPS) is 26.7. The van der Waals surface area contributed by atoms with E-state index in [-0.39, 0.29) is 0 Å². The van der Waals surface area contributed by atoms with E-state index >= 15 is 0 Å². The molecule has 0 aromatic heterocycles. The van der Waals surface area contributed by atoms with Crippen LogP contribution in [0, 0.1) is 0 Å². The quantitative estimate of drug-likeness (QED) is 0.754. The van der Waals surface area contributed by atoms with Crippen molar-refractivity contribution in [2.24, 2.45) is 5.73 Å². The number of rotatable bonds is 2. The van der Waals surface area contributed by atoms with Gasteiger partial charge in [-0.3, -0.25) is 0 Å². The lowest BCUT2D eigenvalue weighted by Crippen LogP contribution is -2.23.